The molecule has 0 saturated carbocycles. The number of nitrogens with one attached hydrogen (secondary N) is 1. The molecule has 2 rings (SSSR count). The number of ether oxygens (including phenoxy) is 4. The lowest BCUT2D eigenvalue weighted by molar-refractivity contribution is -0.359. The summed E-state index contributed by atoms with van der Waals surface area (Å²) in [6.07, 6.45) is 65.0. The van der Waals surface area contributed by atoms with Gasteiger partial charge in [-0.3, -0.25) is 4.79 Å². The molecule has 0 spiro atoms. The second kappa shape index (κ2) is 63.9. The molecule has 2 aliphatic heterocycles. The highest BCUT2D eigenvalue weighted by atomic mass is 16.7. The number of aliphatic hydroxyl groups is 8. The van der Waals surface area contributed by atoms with E-state index in [4.69, 9.17) is 18.9 Å². The van der Waals surface area contributed by atoms with Crippen LogP contribution in [0.15, 0.2) is 24.3 Å². The minimum absolute atomic E-state index is 0.198. The van der Waals surface area contributed by atoms with Crippen molar-refractivity contribution in [2.75, 3.05) is 19.8 Å². The molecule has 0 bridgehead atoms. The number of allylic oxidation sites excluding steroid dienone is 4. The number of unbranched alkanes of at least 4 members (excludes halogenated alkanes) is 51. The van der Waals surface area contributed by atoms with E-state index < -0.39 is 86.8 Å². The zero-order valence-electron chi connectivity index (χ0n) is 60.3. The zero-order chi connectivity index (χ0) is 67.3. The Morgan fingerprint density at radius 2 is 0.710 bits per heavy atom. The Balaban J connectivity index is 1.61. The van der Waals surface area contributed by atoms with Gasteiger partial charge < -0.3 is 65.1 Å². The number of aliphatic hydroxyl groups excluding tert-OH is 8. The summed E-state index contributed by atoms with van der Waals surface area (Å²) >= 11 is 0. The van der Waals surface area contributed by atoms with Gasteiger partial charge in [-0.1, -0.05) is 353 Å². The first-order valence-corrected chi connectivity index (χ1v) is 40.1. The van der Waals surface area contributed by atoms with E-state index in [-0.39, 0.29) is 12.5 Å². The third-order valence-corrected chi connectivity index (χ3v) is 19.9. The Labute approximate surface area is 570 Å². The smallest absolute Gasteiger partial charge is 0.220 e. The molecule has 14 nitrogen and oxygen atoms in total. The molecule has 0 aromatic rings. The van der Waals surface area contributed by atoms with Crippen molar-refractivity contribution in [2.24, 2.45) is 0 Å². The van der Waals surface area contributed by atoms with Crippen LogP contribution in [0, 0.1) is 0 Å². The van der Waals surface area contributed by atoms with E-state index in [1.807, 2.05) is 0 Å². The SMILES string of the molecule is CCCCCCC/C=C\C/C=C\CCCCCCCCCCCCCCCCCCCCCC(=O)NC(COC1OC(CO)C(OC2OC(CO)C(O)C(O)C2O)C(O)C1O)C(O)CCCCCCCCCCCCCCCCCCCCCCCCCCCCCC. The summed E-state index contributed by atoms with van der Waals surface area (Å²) < 4.78 is 23.0. The third-order valence-electron chi connectivity index (χ3n) is 19.9. The van der Waals surface area contributed by atoms with E-state index in [0.29, 0.717) is 12.8 Å². The van der Waals surface area contributed by atoms with Crippen molar-refractivity contribution in [3.63, 3.8) is 0 Å². The minimum Gasteiger partial charge on any atom is -0.394 e. The van der Waals surface area contributed by atoms with Gasteiger partial charge in [-0.05, 0) is 44.9 Å². The number of rotatable bonds is 68. The number of hydrogen-bond acceptors (Lipinski definition) is 13. The van der Waals surface area contributed by atoms with Crippen LogP contribution in [0.3, 0.4) is 0 Å². The lowest BCUT2D eigenvalue weighted by atomic mass is 9.97. The maximum atomic E-state index is 13.4. The fraction of sp³-hybridized carbons (Fsp3) is 0.937. The summed E-state index contributed by atoms with van der Waals surface area (Å²) in [6, 6.07) is -0.828. The second-order valence-corrected chi connectivity index (χ2v) is 28.6. The summed E-state index contributed by atoms with van der Waals surface area (Å²) in [5.74, 6) is -0.198. The lowest BCUT2D eigenvalue weighted by Crippen LogP contribution is -2.65. The van der Waals surface area contributed by atoms with Crippen molar-refractivity contribution in [3.8, 4) is 0 Å². The normalized spacial score (nSPS) is 22.6. The molecular formula is C79H151NO13. The molecule has 9 N–H and O–H groups in total. The number of carbonyl (C=O) groups is 1. The third kappa shape index (κ3) is 47.2. The van der Waals surface area contributed by atoms with Gasteiger partial charge in [0, 0.05) is 6.42 Å². The predicted octanol–water partition coefficient (Wildman–Crippen LogP) is 17.9. The van der Waals surface area contributed by atoms with Crippen LogP contribution in [0.5, 0.6) is 0 Å². The van der Waals surface area contributed by atoms with Crippen LogP contribution in [-0.4, -0.2) is 140 Å². The van der Waals surface area contributed by atoms with Crippen molar-refractivity contribution in [2.45, 2.75) is 453 Å². The zero-order valence-corrected chi connectivity index (χ0v) is 60.3. The Morgan fingerprint density at radius 1 is 0.387 bits per heavy atom. The van der Waals surface area contributed by atoms with Crippen LogP contribution in [0.4, 0.5) is 0 Å². The highest BCUT2D eigenvalue weighted by molar-refractivity contribution is 5.76. The van der Waals surface area contributed by atoms with E-state index in [0.717, 1.165) is 57.8 Å². The van der Waals surface area contributed by atoms with Crippen LogP contribution in [0.1, 0.15) is 380 Å². The monoisotopic (exact) mass is 1320 g/mol. The maximum Gasteiger partial charge on any atom is 0.220 e. The molecule has 0 aromatic carbocycles. The van der Waals surface area contributed by atoms with Crippen LogP contribution in [-0.2, 0) is 23.7 Å². The molecule has 2 saturated heterocycles. The fourth-order valence-electron chi connectivity index (χ4n) is 13.6. The summed E-state index contributed by atoms with van der Waals surface area (Å²) in [4.78, 5) is 13.4. The van der Waals surface area contributed by atoms with Crippen molar-refractivity contribution in [3.05, 3.63) is 24.3 Å². The molecule has 550 valence electrons. The average molecular weight is 1320 g/mol. The van der Waals surface area contributed by atoms with E-state index in [1.165, 1.54) is 295 Å². The Morgan fingerprint density at radius 3 is 1.08 bits per heavy atom. The van der Waals surface area contributed by atoms with E-state index in [9.17, 15) is 45.6 Å². The minimum atomic E-state index is -1.78. The molecular weight excluding hydrogens is 1170 g/mol. The highest BCUT2D eigenvalue weighted by Crippen LogP contribution is 2.30. The number of carbonyl (C=O) groups excluding carboxylic acids is 1. The second-order valence-electron chi connectivity index (χ2n) is 28.6. The molecule has 2 aliphatic rings. The molecule has 2 heterocycles. The average Bonchev–Trinajstić information content (AvgIpc) is 0.851. The molecule has 14 heteroatoms. The molecule has 0 aromatic heterocycles. The molecule has 12 atom stereocenters. The fourth-order valence-corrected chi connectivity index (χ4v) is 13.6. The van der Waals surface area contributed by atoms with Gasteiger partial charge in [0.1, 0.15) is 48.8 Å². The van der Waals surface area contributed by atoms with Crippen LogP contribution in [0.25, 0.3) is 0 Å². The lowest BCUT2D eigenvalue weighted by Gasteiger charge is -2.46. The van der Waals surface area contributed by atoms with Crippen molar-refractivity contribution < 1.29 is 64.6 Å². The number of amides is 1. The predicted molar refractivity (Wildman–Crippen MR) is 383 cm³/mol. The largest absolute Gasteiger partial charge is 0.394 e. The van der Waals surface area contributed by atoms with Gasteiger partial charge in [0.25, 0.3) is 0 Å². The maximum absolute atomic E-state index is 13.4. The van der Waals surface area contributed by atoms with Crippen LogP contribution >= 0.6 is 0 Å². The van der Waals surface area contributed by atoms with Gasteiger partial charge in [-0.15, -0.1) is 0 Å². The first-order valence-electron chi connectivity index (χ1n) is 40.1. The van der Waals surface area contributed by atoms with Crippen LogP contribution in [0.2, 0.25) is 0 Å². The highest BCUT2D eigenvalue weighted by Gasteiger charge is 2.51. The Bertz CT molecular complexity index is 1650. The standard InChI is InChI=1S/C79H151NO13/c1-3-5-7-9-11-13-15-17-19-21-23-25-27-29-31-33-34-35-37-39-41-43-45-47-49-51-53-55-57-59-61-63-71(84)80-67(66-90-78-76(89)74(87)77(70(65-82)92-78)93-79-75(88)73(86)72(85)69(64-81)91-79)68(83)62-60-58-56-54-52-50-48-46-44-42-40-38-36-32-30-28-26-24-22-20-18-16-14-12-10-8-6-4-2/h15,17,21,23,67-70,72-79,81-83,85-89H,3-14,16,18-20,22,24-66H2,1-2H3,(H,80,84)/b17-15-,23-21-. The van der Waals surface area contributed by atoms with Crippen molar-refractivity contribution in [1.82, 2.24) is 5.32 Å². The van der Waals surface area contributed by atoms with Gasteiger partial charge in [0.15, 0.2) is 12.6 Å². The summed E-state index contributed by atoms with van der Waals surface area (Å²) in [7, 11) is 0. The molecule has 12 unspecified atom stereocenters. The Kier molecular flexibility index (Phi) is 60.1. The Hall–Kier alpha value is -1.53. The quantitative estimate of drug-likeness (QED) is 0.0204. The molecule has 0 radical (unpaired) electrons. The van der Waals surface area contributed by atoms with E-state index in [2.05, 4.69) is 43.5 Å². The van der Waals surface area contributed by atoms with Crippen LogP contribution < -0.4 is 5.32 Å². The molecule has 93 heavy (non-hydrogen) atoms. The first-order chi connectivity index (χ1) is 45.6. The van der Waals surface area contributed by atoms with Gasteiger partial charge in [0.2, 0.25) is 5.91 Å². The van der Waals surface area contributed by atoms with Gasteiger partial charge >= 0.3 is 0 Å². The van der Waals surface area contributed by atoms with Gasteiger partial charge in [-0.25, -0.2) is 0 Å². The summed E-state index contributed by atoms with van der Waals surface area (Å²) in [5, 5.41) is 87.9. The van der Waals surface area contributed by atoms with E-state index >= 15 is 0 Å². The first kappa shape index (κ1) is 87.6. The summed E-state index contributed by atoms with van der Waals surface area (Å²) in [5.41, 5.74) is 0. The molecule has 1 amide bonds. The van der Waals surface area contributed by atoms with Crippen molar-refractivity contribution in [1.29, 1.82) is 0 Å². The topological polar surface area (TPSA) is 228 Å². The molecule has 0 aliphatic carbocycles. The van der Waals surface area contributed by atoms with E-state index in [1.54, 1.807) is 0 Å². The van der Waals surface area contributed by atoms with Crippen molar-refractivity contribution >= 4 is 5.91 Å². The number of hydrogen-bond donors (Lipinski definition) is 9. The summed E-state index contributed by atoms with van der Waals surface area (Å²) in [6.45, 7) is 2.92. The van der Waals surface area contributed by atoms with Gasteiger partial charge in [0.05, 0.1) is 32.0 Å². The molecule has 2 fully saturated rings. The van der Waals surface area contributed by atoms with Gasteiger partial charge in [-0.2, -0.15) is 0 Å².